The second-order valence-corrected chi connectivity index (χ2v) is 9.89. The highest BCUT2D eigenvalue weighted by Crippen LogP contribution is 2.47. The summed E-state index contributed by atoms with van der Waals surface area (Å²) in [6.45, 7) is 10.8. The van der Waals surface area contributed by atoms with Gasteiger partial charge < -0.3 is 14.2 Å². The van der Waals surface area contributed by atoms with E-state index in [1.54, 1.807) is 36.1 Å². The maximum absolute atomic E-state index is 13.5. The molecule has 0 bridgehead atoms. The lowest BCUT2D eigenvalue weighted by atomic mass is 9.63. The molecule has 170 valence electrons. The number of anilines is 1. The van der Waals surface area contributed by atoms with E-state index in [9.17, 15) is 9.59 Å². The Balaban J connectivity index is 1.73. The standard InChI is InChI=1S/C26H31NO5/c1-16-31-24(32-16)27(22(28)17-7-9-18(10-8-17)23(29)30-6)19-11-12-20-21(15-19)26(4,5)14-13-25(20,2)3/h7-12,15-16,24H,13-14H2,1-6H3. The van der Waals surface area contributed by atoms with Crippen LogP contribution in [0.2, 0.25) is 0 Å². The fraction of sp³-hybridized carbons (Fsp3) is 0.462. The van der Waals surface area contributed by atoms with Gasteiger partial charge in [-0.15, -0.1) is 0 Å². The third-order valence-corrected chi connectivity index (χ3v) is 6.71. The summed E-state index contributed by atoms with van der Waals surface area (Å²) in [5, 5.41) is 0. The highest BCUT2D eigenvalue weighted by Gasteiger charge is 2.40. The van der Waals surface area contributed by atoms with E-state index in [1.807, 2.05) is 6.07 Å². The highest BCUT2D eigenvalue weighted by atomic mass is 16.9. The second kappa shape index (κ2) is 8.01. The van der Waals surface area contributed by atoms with Gasteiger partial charge in [0, 0.05) is 11.3 Å². The number of hydrogen-bond acceptors (Lipinski definition) is 5. The summed E-state index contributed by atoms with van der Waals surface area (Å²) in [7, 11) is 1.33. The van der Waals surface area contributed by atoms with Crippen molar-refractivity contribution in [1.82, 2.24) is 0 Å². The van der Waals surface area contributed by atoms with E-state index in [0.717, 1.165) is 18.5 Å². The lowest BCUT2D eigenvalue weighted by molar-refractivity contribution is -0.371. The van der Waals surface area contributed by atoms with Gasteiger partial charge in [0.1, 0.15) is 0 Å². The van der Waals surface area contributed by atoms with Crippen molar-refractivity contribution in [2.45, 2.75) is 71.0 Å². The Morgan fingerprint density at radius 3 is 2.03 bits per heavy atom. The summed E-state index contributed by atoms with van der Waals surface area (Å²) in [6, 6.07) is 12.6. The average molecular weight is 438 g/mol. The minimum absolute atomic E-state index is 0.00631. The summed E-state index contributed by atoms with van der Waals surface area (Å²) >= 11 is 0. The van der Waals surface area contributed by atoms with Gasteiger partial charge in [-0.1, -0.05) is 33.8 Å². The SMILES string of the molecule is COC(=O)c1ccc(C(=O)N(c2ccc3c(c2)C(C)(C)CCC3(C)C)C2OC(C)O2)cc1. The summed E-state index contributed by atoms with van der Waals surface area (Å²) in [4.78, 5) is 26.8. The first-order valence-corrected chi connectivity index (χ1v) is 11.0. The minimum atomic E-state index is -0.796. The van der Waals surface area contributed by atoms with Crippen molar-refractivity contribution in [2.24, 2.45) is 0 Å². The molecular formula is C26H31NO5. The maximum Gasteiger partial charge on any atom is 0.337 e. The number of carbonyl (C=O) groups excluding carboxylic acids is 2. The lowest BCUT2D eigenvalue weighted by Gasteiger charge is -2.44. The molecule has 32 heavy (non-hydrogen) atoms. The molecule has 0 saturated carbocycles. The van der Waals surface area contributed by atoms with Crippen molar-refractivity contribution in [3.8, 4) is 0 Å². The molecule has 4 rings (SSSR count). The molecule has 2 aromatic carbocycles. The van der Waals surface area contributed by atoms with E-state index in [-0.39, 0.29) is 23.0 Å². The zero-order chi connectivity index (χ0) is 23.3. The molecule has 1 heterocycles. The Bertz CT molecular complexity index is 1030. The summed E-state index contributed by atoms with van der Waals surface area (Å²) in [5.74, 6) is -0.703. The van der Waals surface area contributed by atoms with Crippen LogP contribution in [0.15, 0.2) is 42.5 Å². The zero-order valence-corrected chi connectivity index (χ0v) is 19.6. The molecule has 6 nitrogen and oxygen atoms in total. The zero-order valence-electron chi connectivity index (χ0n) is 19.6. The van der Waals surface area contributed by atoms with Gasteiger partial charge >= 0.3 is 5.97 Å². The number of rotatable bonds is 4. The Hall–Kier alpha value is -2.70. The van der Waals surface area contributed by atoms with Gasteiger partial charge in [0.2, 0.25) is 0 Å². The molecule has 0 aromatic heterocycles. The predicted molar refractivity (Wildman–Crippen MR) is 122 cm³/mol. The first-order valence-electron chi connectivity index (χ1n) is 11.0. The number of benzene rings is 2. The van der Waals surface area contributed by atoms with Crippen LogP contribution in [0.25, 0.3) is 0 Å². The summed E-state index contributed by atoms with van der Waals surface area (Å²) < 4.78 is 16.2. The van der Waals surface area contributed by atoms with Crippen molar-refractivity contribution < 1.29 is 23.8 Å². The van der Waals surface area contributed by atoms with Gasteiger partial charge in [0.05, 0.1) is 12.7 Å². The number of fused-ring (bicyclic) bond motifs is 1. The predicted octanol–water partition coefficient (Wildman–Crippen LogP) is 5.15. The van der Waals surface area contributed by atoms with Crippen LogP contribution in [0.4, 0.5) is 5.69 Å². The van der Waals surface area contributed by atoms with E-state index in [1.165, 1.54) is 18.2 Å². The number of nitrogens with zero attached hydrogens (tertiary/aromatic N) is 1. The second-order valence-electron chi connectivity index (χ2n) is 9.89. The van der Waals surface area contributed by atoms with Gasteiger partial charge in [-0.25, -0.2) is 4.79 Å². The molecule has 2 aromatic rings. The molecule has 0 atom stereocenters. The number of methoxy groups -OCH3 is 1. The van der Waals surface area contributed by atoms with Crippen molar-refractivity contribution in [3.05, 3.63) is 64.7 Å². The summed E-state index contributed by atoms with van der Waals surface area (Å²) in [6.07, 6.45) is 1.03. The molecule has 1 saturated heterocycles. The first kappa shape index (κ1) is 22.5. The smallest absolute Gasteiger partial charge is 0.337 e. The molecule has 1 fully saturated rings. The van der Waals surface area contributed by atoms with Crippen LogP contribution in [0.5, 0.6) is 0 Å². The van der Waals surface area contributed by atoms with E-state index < -0.39 is 12.4 Å². The number of ether oxygens (including phenoxy) is 3. The van der Waals surface area contributed by atoms with E-state index in [0.29, 0.717) is 11.1 Å². The fourth-order valence-corrected chi connectivity index (χ4v) is 4.53. The molecule has 6 heteroatoms. The molecule has 0 radical (unpaired) electrons. The van der Waals surface area contributed by atoms with Gasteiger partial charge in [-0.3, -0.25) is 9.69 Å². The topological polar surface area (TPSA) is 65.1 Å². The molecule has 0 spiro atoms. The molecule has 1 aliphatic heterocycles. The van der Waals surface area contributed by atoms with Gasteiger partial charge in [-0.05, 0) is 78.1 Å². The lowest BCUT2D eigenvalue weighted by Crippen LogP contribution is -2.54. The quantitative estimate of drug-likeness (QED) is 0.619. The minimum Gasteiger partial charge on any atom is -0.465 e. The maximum atomic E-state index is 13.5. The first-order chi connectivity index (χ1) is 15.0. The molecular weight excluding hydrogens is 406 g/mol. The monoisotopic (exact) mass is 437 g/mol. The van der Waals surface area contributed by atoms with E-state index in [4.69, 9.17) is 14.2 Å². The van der Waals surface area contributed by atoms with Crippen LogP contribution in [-0.2, 0) is 25.0 Å². The molecule has 0 unspecified atom stereocenters. The van der Waals surface area contributed by atoms with Gasteiger partial charge in [-0.2, -0.15) is 0 Å². The highest BCUT2D eigenvalue weighted by molar-refractivity contribution is 6.06. The fourth-order valence-electron chi connectivity index (χ4n) is 4.53. The molecule has 1 aliphatic carbocycles. The Morgan fingerprint density at radius 2 is 1.47 bits per heavy atom. The Labute approximate surface area is 189 Å². The Morgan fingerprint density at radius 1 is 0.906 bits per heavy atom. The number of esters is 1. The Kier molecular flexibility index (Phi) is 5.63. The normalized spacial score (nSPS) is 22.9. The van der Waals surface area contributed by atoms with Crippen LogP contribution >= 0.6 is 0 Å². The van der Waals surface area contributed by atoms with Crippen molar-refractivity contribution in [1.29, 1.82) is 0 Å². The van der Waals surface area contributed by atoms with Gasteiger partial charge in [0.25, 0.3) is 12.3 Å². The van der Waals surface area contributed by atoms with E-state index in [2.05, 4.69) is 39.8 Å². The van der Waals surface area contributed by atoms with Crippen LogP contribution < -0.4 is 4.90 Å². The third kappa shape index (κ3) is 3.93. The largest absolute Gasteiger partial charge is 0.465 e. The van der Waals surface area contributed by atoms with Crippen LogP contribution in [0.3, 0.4) is 0 Å². The third-order valence-electron chi connectivity index (χ3n) is 6.71. The number of hydrogen-bond donors (Lipinski definition) is 0. The molecule has 0 N–H and O–H groups in total. The molecule has 1 amide bonds. The average Bonchev–Trinajstić information content (AvgIpc) is 2.75. The van der Waals surface area contributed by atoms with Gasteiger partial charge in [0.15, 0.2) is 6.29 Å². The number of carbonyl (C=O) groups is 2. The van der Waals surface area contributed by atoms with Crippen LogP contribution in [0.1, 0.15) is 79.3 Å². The van der Waals surface area contributed by atoms with Crippen LogP contribution in [0, 0.1) is 0 Å². The van der Waals surface area contributed by atoms with E-state index >= 15 is 0 Å². The summed E-state index contributed by atoms with van der Waals surface area (Å²) in [5.41, 5.74) is 4.20. The van der Waals surface area contributed by atoms with Crippen molar-refractivity contribution >= 4 is 17.6 Å². The van der Waals surface area contributed by atoms with Crippen LogP contribution in [-0.4, -0.2) is 31.7 Å². The van der Waals surface area contributed by atoms with Crippen molar-refractivity contribution in [2.75, 3.05) is 12.0 Å². The molecule has 2 aliphatic rings. The number of amides is 1. The van der Waals surface area contributed by atoms with Crippen molar-refractivity contribution in [3.63, 3.8) is 0 Å².